The number of hydrogen-bond donors (Lipinski definition) is 0. The van der Waals surface area contributed by atoms with Crippen molar-refractivity contribution < 1.29 is 13.9 Å². The van der Waals surface area contributed by atoms with Gasteiger partial charge in [-0.3, -0.25) is 4.79 Å². The maximum absolute atomic E-state index is 13.5. The highest BCUT2D eigenvalue weighted by Gasteiger charge is 2.21. The molecule has 3 heteroatoms. The van der Waals surface area contributed by atoms with Crippen LogP contribution >= 0.6 is 0 Å². The largest absolute Gasteiger partial charge is 0.493 e. The number of fused-ring (bicyclic) bond motifs is 1. The first-order chi connectivity index (χ1) is 8.09. The Kier molecular flexibility index (Phi) is 3.46. The highest BCUT2D eigenvalue weighted by molar-refractivity contribution is 6.00. The molecule has 0 radical (unpaired) electrons. The molecule has 0 saturated heterocycles. The van der Waals surface area contributed by atoms with Crippen molar-refractivity contribution in [2.75, 3.05) is 6.61 Å². The Labute approximate surface area is 101 Å². The average molecular weight is 236 g/mol. The van der Waals surface area contributed by atoms with Gasteiger partial charge in [-0.15, -0.1) is 0 Å². The fourth-order valence-corrected chi connectivity index (χ4v) is 2.09. The lowest BCUT2D eigenvalue weighted by Gasteiger charge is -2.14. The molecule has 0 bridgehead atoms. The molecule has 1 aromatic carbocycles. The van der Waals surface area contributed by atoms with Crippen molar-refractivity contribution in [3.63, 3.8) is 0 Å². The van der Waals surface area contributed by atoms with Gasteiger partial charge in [-0.1, -0.05) is 13.8 Å². The van der Waals surface area contributed by atoms with Crippen LogP contribution in [0.2, 0.25) is 0 Å². The van der Waals surface area contributed by atoms with Crippen LogP contribution in [0.15, 0.2) is 12.1 Å². The normalized spacial score (nSPS) is 15.1. The number of rotatable bonds is 2. The van der Waals surface area contributed by atoms with Crippen LogP contribution in [0.25, 0.3) is 0 Å². The lowest BCUT2D eigenvalue weighted by atomic mass is 9.96. The molecule has 1 aromatic rings. The topological polar surface area (TPSA) is 26.3 Å². The Morgan fingerprint density at radius 3 is 2.82 bits per heavy atom. The minimum atomic E-state index is -0.349. The van der Waals surface area contributed by atoms with Crippen molar-refractivity contribution in [1.29, 1.82) is 0 Å². The van der Waals surface area contributed by atoms with Crippen molar-refractivity contribution in [3.8, 4) is 5.75 Å². The Hall–Kier alpha value is -1.38. The minimum absolute atomic E-state index is 0.0531. The first-order valence-electron chi connectivity index (χ1n) is 6.09. The third-order valence-corrected chi connectivity index (χ3v) is 3.01. The molecular formula is C14H17FO2. The molecule has 0 unspecified atom stereocenters. The van der Waals surface area contributed by atoms with E-state index in [-0.39, 0.29) is 17.5 Å². The summed E-state index contributed by atoms with van der Waals surface area (Å²) < 4.78 is 19.1. The molecule has 0 atom stereocenters. The molecule has 0 N–H and O–H groups in total. The maximum Gasteiger partial charge on any atom is 0.169 e. The number of ether oxygens (including phenoxy) is 1. The van der Waals surface area contributed by atoms with Gasteiger partial charge in [0.05, 0.1) is 12.2 Å². The fraction of sp³-hybridized carbons (Fsp3) is 0.500. The van der Waals surface area contributed by atoms with Crippen molar-refractivity contribution in [1.82, 2.24) is 0 Å². The fourth-order valence-electron chi connectivity index (χ4n) is 2.09. The molecule has 0 fully saturated rings. The quantitative estimate of drug-likeness (QED) is 0.736. The Balaban J connectivity index is 2.50. The van der Waals surface area contributed by atoms with Crippen LogP contribution in [0.1, 0.15) is 42.6 Å². The molecule has 0 saturated carbocycles. The standard InChI is InChI=1S/C14H17FO2/c1-9(2)13(16)12-8-11(15)7-10-5-3-4-6-17-14(10)12/h7-9H,3-6H2,1-2H3. The van der Waals surface area contributed by atoms with Gasteiger partial charge in [0.2, 0.25) is 0 Å². The van der Waals surface area contributed by atoms with E-state index in [1.807, 2.05) is 13.8 Å². The number of aryl methyl sites for hydroxylation is 1. The van der Waals surface area contributed by atoms with Gasteiger partial charge in [0.15, 0.2) is 5.78 Å². The number of ketones is 1. The van der Waals surface area contributed by atoms with E-state index < -0.39 is 0 Å². The summed E-state index contributed by atoms with van der Waals surface area (Å²) >= 11 is 0. The summed E-state index contributed by atoms with van der Waals surface area (Å²) in [6, 6.07) is 2.78. The number of benzene rings is 1. The van der Waals surface area contributed by atoms with Gasteiger partial charge in [0.25, 0.3) is 0 Å². The summed E-state index contributed by atoms with van der Waals surface area (Å²) in [4.78, 5) is 12.0. The van der Waals surface area contributed by atoms with E-state index in [4.69, 9.17) is 4.74 Å². The number of hydrogen-bond acceptors (Lipinski definition) is 2. The van der Waals surface area contributed by atoms with Crippen LogP contribution < -0.4 is 4.74 Å². The zero-order chi connectivity index (χ0) is 12.4. The number of carbonyl (C=O) groups is 1. The van der Waals surface area contributed by atoms with Crippen LogP contribution in [0.5, 0.6) is 5.75 Å². The van der Waals surface area contributed by atoms with Crippen LogP contribution in [0, 0.1) is 11.7 Å². The number of Topliss-reactive ketones (excluding diaryl/α,β-unsaturated/α-hetero) is 1. The third-order valence-electron chi connectivity index (χ3n) is 3.01. The molecule has 1 heterocycles. The molecular weight excluding hydrogens is 219 g/mol. The van der Waals surface area contributed by atoms with E-state index in [2.05, 4.69) is 0 Å². The first-order valence-corrected chi connectivity index (χ1v) is 6.09. The summed E-state index contributed by atoms with van der Waals surface area (Å²) in [5.74, 6) is 0.0521. The van der Waals surface area contributed by atoms with E-state index in [9.17, 15) is 9.18 Å². The molecule has 1 aliphatic rings. The number of halogens is 1. The predicted octanol–water partition coefficient (Wildman–Crippen LogP) is 3.38. The van der Waals surface area contributed by atoms with E-state index in [0.29, 0.717) is 17.9 Å². The summed E-state index contributed by atoms with van der Waals surface area (Å²) in [6.07, 6.45) is 2.71. The van der Waals surface area contributed by atoms with Crippen LogP contribution in [-0.4, -0.2) is 12.4 Å². The van der Waals surface area contributed by atoms with Gasteiger partial charge in [0.1, 0.15) is 11.6 Å². The van der Waals surface area contributed by atoms with Crippen LogP contribution in [0.4, 0.5) is 4.39 Å². The smallest absolute Gasteiger partial charge is 0.169 e. The summed E-state index contributed by atoms with van der Waals surface area (Å²) in [5, 5.41) is 0. The molecule has 17 heavy (non-hydrogen) atoms. The second-order valence-corrected chi connectivity index (χ2v) is 4.77. The molecule has 0 aliphatic carbocycles. The van der Waals surface area contributed by atoms with Crippen molar-refractivity contribution in [2.24, 2.45) is 5.92 Å². The highest BCUT2D eigenvalue weighted by Crippen LogP contribution is 2.31. The number of carbonyl (C=O) groups excluding carboxylic acids is 1. The summed E-state index contributed by atoms with van der Waals surface area (Å²) in [6.45, 7) is 4.24. The Morgan fingerprint density at radius 2 is 2.12 bits per heavy atom. The maximum atomic E-state index is 13.5. The zero-order valence-electron chi connectivity index (χ0n) is 10.3. The summed E-state index contributed by atoms with van der Waals surface area (Å²) in [7, 11) is 0. The minimum Gasteiger partial charge on any atom is -0.493 e. The second kappa shape index (κ2) is 4.86. The van der Waals surface area contributed by atoms with Crippen molar-refractivity contribution in [3.05, 3.63) is 29.1 Å². The Morgan fingerprint density at radius 1 is 1.35 bits per heavy atom. The molecule has 92 valence electrons. The summed E-state index contributed by atoms with van der Waals surface area (Å²) in [5.41, 5.74) is 1.23. The first kappa shape index (κ1) is 12.1. The third kappa shape index (κ3) is 2.48. The van der Waals surface area contributed by atoms with E-state index in [1.54, 1.807) is 0 Å². The molecule has 1 aliphatic heterocycles. The lowest BCUT2D eigenvalue weighted by molar-refractivity contribution is 0.0934. The zero-order valence-corrected chi connectivity index (χ0v) is 10.3. The van der Waals surface area contributed by atoms with Crippen LogP contribution in [0.3, 0.4) is 0 Å². The van der Waals surface area contributed by atoms with Gasteiger partial charge in [-0.25, -0.2) is 4.39 Å². The van der Waals surface area contributed by atoms with Gasteiger partial charge >= 0.3 is 0 Å². The molecule has 0 spiro atoms. The highest BCUT2D eigenvalue weighted by atomic mass is 19.1. The van der Waals surface area contributed by atoms with Gasteiger partial charge in [0, 0.05) is 5.92 Å². The molecule has 2 rings (SSSR count). The SMILES string of the molecule is CC(C)C(=O)c1cc(F)cc2c1OCCCC2. The molecule has 2 nitrogen and oxygen atoms in total. The van der Waals surface area contributed by atoms with Gasteiger partial charge in [-0.05, 0) is 37.0 Å². The second-order valence-electron chi connectivity index (χ2n) is 4.77. The average Bonchev–Trinajstić information content (AvgIpc) is 2.51. The monoisotopic (exact) mass is 236 g/mol. The van der Waals surface area contributed by atoms with Crippen molar-refractivity contribution in [2.45, 2.75) is 33.1 Å². The van der Waals surface area contributed by atoms with E-state index in [0.717, 1.165) is 24.8 Å². The Bertz CT molecular complexity index is 438. The molecule has 0 amide bonds. The van der Waals surface area contributed by atoms with Gasteiger partial charge in [-0.2, -0.15) is 0 Å². The van der Waals surface area contributed by atoms with E-state index >= 15 is 0 Å². The predicted molar refractivity (Wildman–Crippen MR) is 64.0 cm³/mol. The van der Waals surface area contributed by atoms with Gasteiger partial charge < -0.3 is 4.74 Å². The van der Waals surface area contributed by atoms with Crippen LogP contribution in [-0.2, 0) is 6.42 Å². The molecule has 0 aromatic heterocycles. The lowest BCUT2D eigenvalue weighted by Crippen LogP contribution is -2.11. The van der Waals surface area contributed by atoms with Crippen molar-refractivity contribution >= 4 is 5.78 Å². The van der Waals surface area contributed by atoms with E-state index in [1.165, 1.54) is 12.1 Å².